The molecule has 4 rings (SSSR count). The van der Waals surface area contributed by atoms with Gasteiger partial charge in [-0.05, 0) is 24.3 Å². The second-order valence-corrected chi connectivity index (χ2v) is 6.02. The quantitative estimate of drug-likeness (QED) is 0.510. The Kier molecular flexibility index (Phi) is 5.15. The van der Waals surface area contributed by atoms with Crippen LogP contribution in [-0.4, -0.2) is 15.9 Å². The molecule has 0 bridgehead atoms. The molecule has 1 amide bonds. The highest BCUT2D eigenvalue weighted by molar-refractivity contribution is 5.93. The van der Waals surface area contributed by atoms with Crippen molar-refractivity contribution in [2.24, 2.45) is 0 Å². The van der Waals surface area contributed by atoms with E-state index in [-0.39, 0.29) is 18.1 Å². The first-order valence-electron chi connectivity index (χ1n) is 8.79. The van der Waals surface area contributed by atoms with Crippen molar-refractivity contribution in [2.75, 3.05) is 5.32 Å². The summed E-state index contributed by atoms with van der Waals surface area (Å²) >= 11 is 0. The Balaban J connectivity index is 1.58. The van der Waals surface area contributed by atoms with Crippen LogP contribution in [0.15, 0.2) is 82.0 Å². The number of nitrogens with zero attached hydrogens (tertiary/aromatic N) is 2. The summed E-state index contributed by atoms with van der Waals surface area (Å²) in [6.45, 7) is 0.733. The Labute approximate surface area is 161 Å². The van der Waals surface area contributed by atoms with Gasteiger partial charge in [-0.2, -0.15) is 0 Å². The highest BCUT2D eigenvalue weighted by Crippen LogP contribution is 2.18. The fourth-order valence-electron chi connectivity index (χ4n) is 2.63. The number of carbonyl (C=O) groups is 1. The standard InChI is InChI=1S/C21H18N4O3/c26-21(23-14-17-9-5-11-28-17)18-12-19(22-13-16-8-4-10-27-16)25-20(24-18)15-6-2-1-3-7-15/h1-12H,13-14H2,(H,23,26)(H,22,24,25). The molecular formula is C21H18N4O3. The predicted molar refractivity (Wildman–Crippen MR) is 103 cm³/mol. The van der Waals surface area contributed by atoms with Gasteiger partial charge in [-0.15, -0.1) is 0 Å². The van der Waals surface area contributed by atoms with Gasteiger partial charge in [0, 0.05) is 11.6 Å². The summed E-state index contributed by atoms with van der Waals surface area (Å²) in [5.41, 5.74) is 1.09. The zero-order valence-electron chi connectivity index (χ0n) is 15.0. The van der Waals surface area contributed by atoms with Crippen LogP contribution in [0, 0.1) is 0 Å². The van der Waals surface area contributed by atoms with Gasteiger partial charge in [0.25, 0.3) is 5.91 Å². The first-order chi connectivity index (χ1) is 13.8. The minimum atomic E-state index is -0.308. The first kappa shape index (κ1) is 17.5. The van der Waals surface area contributed by atoms with Gasteiger partial charge in [0.05, 0.1) is 25.6 Å². The predicted octanol–water partition coefficient (Wildman–Crippen LogP) is 3.87. The minimum Gasteiger partial charge on any atom is -0.467 e. The van der Waals surface area contributed by atoms with Crippen molar-refractivity contribution in [2.45, 2.75) is 13.1 Å². The lowest BCUT2D eigenvalue weighted by Gasteiger charge is -2.10. The van der Waals surface area contributed by atoms with Gasteiger partial charge in [-0.1, -0.05) is 30.3 Å². The highest BCUT2D eigenvalue weighted by Gasteiger charge is 2.13. The maximum absolute atomic E-state index is 12.6. The fraction of sp³-hybridized carbons (Fsp3) is 0.0952. The van der Waals surface area contributed by atoms with Crippen LogP contribution in [0.5, 0.6) is 0 Å². The molecule has 4 aromatic rings. The van der Waals surface area contributed by atoms with Crippen LogP contribution in [0.4, 0.5) is 5.82 Å². The Hall–Kier alpha value is -3.87. The van der Waals surface area contributed by atoms with E-state index in [1.807, 2.05) is 42.5 Å². The zero-order valence-corrected chi connectivity index (χ0v) is 15.0. The van der Waals surface area contributed by atoms with Gasteiger partial charge in [0.2, 0.25) is 0 Å². The molecule has 0 aliphatic rings. The SMILES string of the molecule is O=C(NCc1ccco1)c1cc(NCc2ccco2)nc(-c2ccccc2)n1. The summed E-state index contributed by atoms with van der Waals surface area (Å²) in [4.78, 5) is 21.6. The monoisotopic (exact) mass is 374 g/mol. The second kappa shape index (κ2) is 8.22. The number of benzene rings is 1. The Morgan fingerprint density at radius 1 is 0.857 bits per heavy atom. The van der Waals surface area contributed by atoms with E-state index in [0.717, 1.165) is 11.3 Å². The van der Waals surface area contributed by atoms with Crippen LogP contribution in [0.25, 0.3) is 11.4 Å². The van der Waals surface area contributed by atoms with E-state index in [1.54, 1.807) is 30.7 Å². The van der Waals surface area contributed by atoms with Crippen molar-refractivity contribution in [1.29, 1.82) is 0 Å². The van der Waals surface area contributed by atoms with E-state index in [4.69, 9.17) is 8.83 Å². The molecule has 0 atom stereocenters. The summed E-state index contributed by atoms with van der Waals surface area (Å²) in [6.07, 6.45) is 3.18. The first-order valence-corrected chi connectivity index (χ1v) is 8.79. The molecular weight excluding hydrogens is 356 g/mol. The van der Waals surface area contributed by atoms with Gasteiger partial charge in [0.15, 0.2) is 5.82 Å². The lowest BCUT2D eigenvalue weighted by atomic mass is 10.2. The summed E-state index contributed by atoms with van der Waals surface area (Å²) in [7, 11) is 0. The molecule has 1 aromatic carbocycles. The number of hydrogen-bond donors (Lipinski definition) is 2. The number of carbonyl (C=O) groups excluding carboxylic acids is 1. The van der Waals surface area contributed by atoms with E-state index < -0.39 is 0 Å². The molecule has 0 aliphatic carbocycles. The van der Waals surface area contributed by atoms with Crippen LogP contribution < -0.4 is 10.6 Å². The molecule has 3 aromatic heterocycles. The number of aromatic nitrogens is 2. The van der Waals surface area contributed by atoms with Crippen LogP contribution in [0.2, 0.25) is 0 Å². The van der Waals surface area contributed by atoms with E-state index >= 15 is 0 Å². The lowest BCUT2D eigenvalue weighted by molar-refractivity contribution is 0.0943. The zero-order chi connectivity index (χ0) is 19.2. The van der Waals surface area contributed by atoms with Gasteiger partial charge >= 0.3 is 0 Å². The number of furan rings is 2. The average Bonchev–Trinajstić information content (AvgIpc) is 3.45. The summed E-state index contributed by atoms with van der Waals surface area (Å²) in [6, 6.07) is 18.4. The average molecular weight is 374 g/mol. The van der Waals surface area contributed by atoms with Gasteiger partial charge in [-0.25, -0.2) is 9.97 Å². The summed E-state index contributed by atoms with van der Waals surface area (Å²) in [5, 5.41) is 5.99. The molecule has 2 N–H and O–H groups in total. The second-order valence-electron chi connectivity index (χ2n) is 6.02. The third kappa shape index (κ3) is 4.27. The number of nitrogens with one attached hydrogen (secondary N) is 2. The molecule has 0 saturated heterocycles. The van der Waals surface area contributed by atoms with Crippen molar-refractivity contribution >= 4 is 11.7 Å². The molecule has 0 radical (unpaired) electrons. The van der Waals surface area contributed by atoms with Crippen molar-refractivity contribution in [3.63, 3.8) is 0 Å². The Morgan fingerprint density at radius 3 is 2.25 bits per heavy atom. The molecule has 3 heterocycles. The summed E-state index contributed by atoms with van der Waals surface area (Å²) in [5.74, 6) is 2.13. The van der Waals surface area contributed by atoms with Gasteiger partial charge in [-0.3, -0.25) is 4.79 Å². The van der Waals surface area contributed by atoms with E-state index in [2.05, 4.69) is 20.6 Å². The Morgan fingerprint density at radius 2 is 1.57 bits per heavy atom. The molecule has 0 unspecified atom stereocenters. The maximum Gasteiger partial charge on any atom is 0.270 e. The van der Waals surface area contributed by atoms with Gasteiger partial charge in [0.1, 0.15) is 23.0 Å². The topological polar surface area (TPSA) is 93.2 Å². The third-order valence-electron chi connectivity index (χ3n) is 4.02. The van der Waals surface area contributed by atoms with Crippen LogP contribution in [0.1, 0.15) is 22.0 Å². The van der Waals surface area contributed by atoms with E-state index in [0.29, 0.717) is 23.9 Å². The van der Waals surface area contributed by atoms with Crippen molar-refractivity contribution < 1.29 is 13.6 Å². The lowest BCUT2D eigenvalue weighted by Crippen LogP contribution is -2.24. The smallest absolute Gasteiger partial charge is 0.270 e. The van der Waals surface area contributed by atoms with Crippen molar-refractivity contribution in [3.8, 4) is 11.4 Å². The molecule has 7 heteroatoms. The molecule has 140 valence electrons. The van der Waals surface area contributed by atoms with Crippen molar-refractivity contribution in [1.82, 2.24) is 15.3 Å². The number of rotatable bonds is 7. The molecule has 28 heavy (non-hydrogen) atoms. The molecule has 0 aliphatic heterocycles. The number of amides is 1. The molecule has 0 saturated carbocycles. The maximum atomic E-state index is 12.6. The minimum absolute atomic E-state index is 0.266. The molecule has 0 fully saturated rings. The fourth-order valence-corrected chi connectivity index (χ4v) is 2.63. The largest absolute Gasteiger partial charge is 0.467 e. The van der Waals surface area contributed by atoms with Gasteiger partial charge < -0.3 is 19.5 Å². The Bertz CT molecular complexity index is 1030. The van der Waals surface area contributed by atoms with E-state index in [9.17, 15) is 4.79 Å². The van der Waals surface area contributed by atoms with Crippen molar-refractivity contribution in [3.05, 3.63) is 90.4 Å². The third-order valence-corrected chi connectivity index (χ3v) is 4.02. The normalized spacial score (nSPS) is 10.6. The summed E-state index contributed by atoms with van der Waals surface area (Å²) < 4.78 is 10.6. The van der Waals surface area contributed by atoms with E-state index in [1.165, 1.54) is 0 Å². The van der Waals surface area contributed by atoms with Crippen LogP contribution >= 0.6 is 0 Å². The van der Waals surface area contributed by atoms with Crippen LogP contribution in [0.3, 0.4) is 0 Å². The number of hydrogen-bond acceptors (Lipinski definition) is 6. The number of anilines is 1. The molecule has 0 spiro atoms. The highest BCUT2D eigenvalue weighted by atomic mass is 16.3. The van der Waals surface area contributed by atoms with Crippen LogP contribution in [-0.2, 0) is 13.1 Å². The molecule has 7 nitrogen and oxygen atoms in total.